The second-order valence-corrected chi connectivity index (χ2v) is 14.8. The van der Waals surface area contributed by atoms with Crippen LogP contribution in [-0.4, -0.2) is 90.3 Å². The zero-order valence-electron chi connectivity index (χ0n) is 33.4. The van der Waals surface area contributed by atoms with E-state index in [1.807, 2.05) is 13.8 Å². The molecule has 8 rings (SSSR count). The lowest BCUT2D eigenvalue weighted by Crippen LogP contribution is -2.28. The van der Waals surface area contributed by atoms with Crippen LogP contribution in [0.3, 0.4) is 0 Å². The van der Waals surface area contributed by atoms with Crippen molar-refractivity contribution >= 4 is 54.9 Å². The van der Waals surface area contributed by atoms with Crippen LogP contribution < -0.4 is 25.8 Å². The summed E-state index contributed by atoms with van der Waals surface area (Å²) in [6, 6.07) is 7.29. The zero-order chi connectivity index (χ0) is 43.3. The maximum absolute atomic E-state index is 16.6. The number of benzene rings is 2. The summed E-state index contributed by atoms with van der Waals surface area (Å²) in [6.45, 7) is 7.22. The van der Waals surface area contributed by atoms with Crippen molar-refractivity contribution in [2.45, 2.75) is 65.0 Å². The third-order valence-corrected chi connectivity index (χ3v) is 11.0. The Morgan fingerprint density at radius 2 is 1.85 bits per heavy atom. The number of alkyl halides is 4. The highest BCUT2D eigenvalue weighted by Crippen LogP contribution is 2.53. The number of ether oxygens (including phenoxy) is 2. The van der Waals surface area contributed by atoms with Crippen LogP contribution in [0, 0.1) is 23.0 Å². The SMILES string of the molecule is CC.CC(=O)N(C)C.COc1nc2c3c(c(C(F)(F)F)c(-c4ccc(F)c5sc(N)c(C#N)c45)c(F)c3n1)OCCN2Cc1cccnc1N.FC1CC2CCCN2C1. The number of hydrogen-bond donors (Lipinski definition) is 2. The largest absolute Gasteiger partial charge is 0.490 e. The van der Waals surface area contributed by atoms with E-state index in [2.05, 4.69) is 19.9 Å². The molecule has 0 bridgehead atoms. The van der Waals surface area contributed by atoms with Crippen LogP contribution in [0.4, 0.5) is 43.0 Å². The van der Waals surface area contributed by atoms with Crippen molar-refractivity contribution in [2.24, 2.45) is 0 Å². The average molecular weight is 846 g/mol. The van der Waals surface area contributed by atoms with Gasteiger partial charge in [-0.1, -0.05) is 26.0 Å². The van der Waals surface area contributed by atoms with Gasteiger partial charge < -0.3 is 30.7 Å². The second kappa shape index (κ2) is 18.5. The fourth-order valence-corrected chi connectivity index (χ4v) is 8.04. The van der Waals surface area contributed by atoms with Crippen LogP contribution in [-0.2, 0) is 17.5 Å². The minimum atomic E-state index is -5.17. The number of rotatable bonds is 4. The van der Waals surface area contributed by atoms with E-state index < -0.39 is 51.9 Å². The Morgan fingerprint density at radius 1 is 1.14 bits per heavy atom. The van der Waals surface area contributed by atoms with Crippen molar-refractivity contribution < 1.29 is 40.6 Å². The number of pyridine rings is 1. The molecule has 2 atom stereocenters. The van der Waals surface area contributed by atoms with Crippen LogP contribution in [0.25, 0.3) is 32.1 Å². The number of thiophene rings is 1. The maximum Gasteiger partial charge on any atom is 0.420 e. The first-order valence-corrected chi connectivity index (χ1v) is 19.6. The lowest BCUT2D eigenvalue weighted by atomic mass is 9.91. The molecule has 2 fully saturated rings. The Morgan fingerprint density at radius 3 is 2.46 bits per heavy atom. The molecule has 12 nitrogen and oxygen atoms in total. The summed E-state index contributed by atoms with van der Waals surface area (Å²) in [5.74, 6) is -2.72. The minimum Gasteiger partial charge on any atom is -0.490 e. The van der Waals surface area contributed by atoms with Gasteiger partial charge in [0.2, 0.25) is 5.91 Å². The number of carbonyl (C=O) groups is 1. The summed E-state index contributed by atoms with van der Waals surface area (Å²) in [5.41, 5.74) is 8.81. The molecule has 6 heterocycles. The van der Waals surface area contributed by atoms with Crippen LogP contribution in [0.1, 0.15) is 56.7 Å². The number of nitrogens with zero attached hydrogens (tertiary/aromatic N) is 7. The van der Waals surface area contributed by atoms with E-state index in [0.29, 0.717) is 29.5 Å². The first-order valence-electron chi connectivity index (χ1n) is 18.8. The van der Waals surface area contributed by atoms with Gasteiger partial charge in [0, 0.05) is 62.9 Å². The van der Waals surface area contributed by atoms with Gasteiger partial charge in [-0.15, -0.1) is 11.3 Å². The number of amides is 1. The first kappa shape index (κ1) is 44.5. The Balaban J connectivity index is 0.000000323. The molecular weight excluding hydrogens is 801 g/mol. The number of nitrogen functional groups attached to an aromatic ring is 2. The molecular formula is C40H45F6N9O3S. The van der Waals surface area contributed by atoms with E-state index in [4.69, 9.17) is 20.9 Å². The van der Waals surface area contributed by atoms with Crippen molar-refractivity contribution in [2.75, 3.05) is 63.8 Å². The number of aromatic nitrogens is 3. The standard InChI is InChI=1S/C27H18F5N7O2S.C7H12FN.C4H9NO.C2H6/c1-40-26-37-20-17-21(41-8-7-39(25(17)38-26)10-11-3-2-6-36-23(11)34)18(27(30,31)32)16(19(20)29)12-4-5-14(28)22-15(12)13(9-33)24(35)42-22;8-6-4-7-2-1-3-9(7)5-6;1-4(6)5(2)3;1-2/h2-6H,7-8,10,35H2,1H3,(H2,34,36);6-7H,1-5H2;1-3H3;1-2H3. The van der Waals surface area contributed by atoms with E-state index in [9.17, 15) is 32.0 Å². The lowest BCUT2D eigenvalue weighted by Gasteiger charge is -2.24. The fourth-order valence-electron chi connectivity index (χ4n) is 7.09. The lowest BCUT2D eigenvalue weighted by molar-refractivity contribution is -0.138. The summed E-state index contributed by atoms with van der Waals surface area (Å²) in [4.78, 5) is 27.8. The number of fused-ring (bicyclic) bond motifs is 2. The van der Waals surface area contributed by atoms with Crippen LogP contribution >= 0.6 is 11.3 Å². The zero-order valence-corrected chi connectivity index (χ0v) is 34.2. The van der Waals surface area contributed by atoms with Crippen molar-refractivity contribution in [1.29, 1.82) is 5.26 Å². The number of carbonyl (C=O) groups excluding carboxylic acids is 1. The summed E-state index contributed by atoms with van der Waals surface area (Å²) in [5, 5.41) is 9.00. The van der Waals surface area contributed by atoms with E-state index in [0.717, 1.165) is 25.1 Å². The summed E-state index contributed by atoms with van der Waals surface area (Å²) >= 11 is 0.675. The molecule has 3 aliphatic heterocycles. The van der Waals surface area contributed by atoms with Crippen LogP contribution in [0.2, 0.25) is 0 Å². The molecule has 2 unspecified atom stereocenters. The molecule has 0 aliphatic carbocycles. The van der Waals surface area contributed by atoms with Crippen molar-refractivity contribution in [3.63, 3.8) is 0 Å². The fraction of sp³-hybridized carbons (Fsp3) is 0.425. The summed E-state index contributed by atoms with van der Waals surface area (Å²) in [7, 11) is 4.68. The van der Waals surface area contributed by atoms with Gasteiger partial charge in [0.1, 0.15) is 58.1 Å². The highest BCUT2D eigenvalue weighted by Gasteiger charge is 2.44. The predicted octanol–water partition coefficient (Wildman–Crippen LogP) is 7.96. The highest BCUT2D eigenvalue weighted by atomic mass is 32.1. The summed E-state index contributed by atoms with van der Waals surface area (Å²) < 4.78 is 99.6. The van der Waals surface area contributed by atoms with Gasteiger partial charge in [0.05, 0.1) is 29.3 Å². The number of nitrogens with two attached hydrogens (primary N) is 2. The molecule has 0 saturated carbocycles. The normalized spacial score (nSPS) is 17.0. The molecule has 0 radical (unpaired) electrons. The molecule has 59 heavy (non-hydrogen) atoms. The number of nitriles is 1. The highest BCUT2D eigenvalue weighted by molar-refractivity contribution is 7.23. The minimum absolute atomic E-state index is 0.0347. The third kappa shape index (κ3) is 9.18. The smallest absolute Gasteiger partial charge is 0.420 e. The Bertz CT molecular complexity index is 2360. The number of methoxy groups -OCH3 is 1. The van der Waals surface area contributed by atoms with Gasteiger partial charge >= 0.3 is 12.2 Å². The molecule has 2 saturated heterocycles. The molecule has 4 N–H and O–H groups in total. The van der Waals surface area contributed by atoms with Crippen molar-refractivity contribution in [3.8, 4) is 29.0 Å². The van der Waals surface area contributed by atoms with Gasteiger partial charge in [-0.3, -0.25) is 9.69 Å². The second-order valence-electron chi connectivity index (χ2n) is 13.8. The van der Waals surface area contributed by atoms with Crippen molar-refractivity contribution in [3.05, 3.63) is 58.8 Å². The number of hydrogen-bond acceptors (Lipinski definition) is 12. The maximum atomic E-state index is 16.6. The van der Waals surface area contributed by atoms with Gasteiger partial charge in [0.25, 0.3) is 0 Å². The summed E-state index contributed by atoms with van der Waals surface area (Å²) in [6.07, 6.45) is -0.869. The molecule has 0 spiro atoms. The van der Waals surface area contributed by atoms with E-state index in [-0.39, 0.29) is 69.3 Å². The van der Waals surface area contributed by atoms with Gasteiger partial charge in [-0.25, -0.2) is 18.2 Å². The van der Waals surface area contributed by atoms with Crippen LogP contribution in [0.15, 0.2) is 30.5 Å². The molecule has 19 heteroatoms. The topological polar surface area (TPSA) is 160 Å². The molecule has 1 amide bonds. The van der Waals surface area contributed by atoms with Crippen molar-refractivity contribution in [1.82, 2.24) is 24.8 Å². The number of anilines is 3. The molecule has 3 aliphatic rings. The molecule has 2 aromatic carbocycles. The number of halogens is 6. The first-order chi connectivity index (χ1) is 28.0. The van der Waals surface area contributed by atoms with E-state index in [1.54, 1.807) is 37.2 Å². The quantitative estimate of drug-likeness (QED) is 0.169. The Kier molecular flexibility index (Phi) is 14.0. The Hall–Kier alpha value is -5.61. The van der Waals surface area contributed by atoms with E-state index >= 15 is 4.39 Å². The Labute approximate surface area is 341 Å². The van der Waals surface area contributed by atoms with Gasteiger partial charge in [0.15, 0.2) is 5.82 Å². The molecule has 316 valence electrons. The van der Waals surface area contributed by atoms with Gasteiger partial charge in [-0.05, 0) is 43.5 Å². The average Bonchev–Trinajstić information content (AvgIpc) is 3.85. The van der Waals surface area contributed by atoms with Gasteiger partial charge in [-0.2, -0.15) is 28.4 Å². The predicted molar refractivity (Wildman–Crippen MR) is 216 cm³/mol. The monoisotopic (exact) mass is 845 g/mol. The van der Waals surface area contributed by atoms with Crippen LogP contribution in [0.5, 0.6) is 11.8 Å². The molecule has 5 aromatic rings. The molecule has 3 aromatic heterocycles. The third-order valence-electron chi connectivity index (χ3n) is 9.95. The van der Waals surface area contributed by atoms with E-state index in [1.165, 1.54) is 38.0 Å².